The van der Waals surface area contributed by atoms with E-state index in [0.29, 0.717) is 21.8 Å². The number of anilines is 1. The maximum Gasteiger partial charge on any atom is 0.350 e. The summed E-state index contributed by atoms with van der Waals surface area (Å²) in [6, 6.07) is 12.7. The maximum absolute atomic E-state index is 13.2. The number of hydrogen-bond acceptors (Lipinski definition) is 7. The van der Waals surface area contributed by atoms with Gasteiger partial charge in [0, 0.05) is 10.6 Å². The van der Waals surface area contributed by atoms with E-state index < -0.39 is 23.7 Å². The molecule has 1 aromatic heterocycles. The highest BCUT2D eigenvalue weighted by atomic mass is 35.5. The number of Topliss-reactive ketones (excluding diaryl/α,β-unsaturated/α-hetero) is 1. The third-order valence-corrected chi connectivity index (χ3v) is 6.71. The molecule has 0 radical (unpaired) electrons. The van der Waals surface area contributed by atoms with Crippen LogP contribution in [0.5, 0.6) is 0 Å². The molecule has 33 heavy (non-hydrogen) atoms. The van der Waals surface area contributed by atoms with Crippen molar-refractivity contribution in [2.45, 2.75) is 19.9 Å². The van der Waals surface area contributed by atoms with E-state index in [4.69, 9.17) is 16.3 Å². The number of nitrogens with zero attached hydrogens (tertiary/aromatic N) is 2. The molecular weight excluding hydrogens is 464 g/mol. The Morgan fingerprint density at radius 3 is 2.33 bits per heavy atom. The van der Waals surface area contributed by atoms with Crippen LogP contribution in [-0.4, -0.2) is 34.9 Å². The van der Waals surface area contributed by atoms with Crippen molar-refractivity contribution in [3.63, 3.8) is 0 Å². The standard InChI is InChI=1S/C24H19ClN2O5S/c1-12-4-6-14(7-5-12)18-17(19(28)15-8-10-16(25)11-9-15)20(29)22(30)27(18)24-26-13(2)21(33-24)23(31)32-3/h4-11,18,28H,1-3H3/b19-17+. The second-order valence-electron chi connectivity index (χ2n) is 7.49. The van der Waals surface area contributed by atoms with Gasteiger partial charge in [-0.1, -0.05) is 52.8 Å². The SMILES string of the molecule is COC(=O)c1sc(N2C(=O)C(=O)/C(=C(/O)c3ccc(Cl)cc3)C2c2ccc(C)cc2)nc1C. The van der Waals surface area contributed by atoms with Gasteiger partial charge in [-0.05, 0) is 43.7 Å². The number of aryl methyl sites for hydroxylation is 2. The molecule has 1 saturated heterocycles. The Labute approximate surface area is 198 Å². The summed E-state index contributed by atoms with van der Waals surface area (Å²) in [5.41, 5.74) is 2.26. The number of benzene rings is 2. The molecule has 1 unspecified atom stereocenters. The predicted molar refractivity (Wildman–Crippen MR) is 126 cm³/mol. The second-order valence-corrected chi connectivity index (χ2v) is 8.90. The van der Waals surface area contributed by atoms with Gasteiger partial charge in [0.2, 0.25) is 0 Å². The molecule has 0 saturated carbocycles. The quantitative estimate of drug-likeness (QED) is 0.248. The zero-order chi connectivity index (χ0) is 23.9. The third kappa shape index (κ3) is 4.03. The van der Waals surface area contributed by atoms with Crippen LogP contribution < -0.4 is 4.90 Å². The first-order valence-corrected chi connectivity index (χ1v) is 11.1. The summed E-state index contributed by atoms with van der Waals surface area (Å²) in [7, 11) is 1.26. The molecule has 1 atom stereocenters. The van der Waals surface area contributed by atoms with Gasteiger partial charge < -0.3 is 9.84 Å². The summed E-state index contributed by atoms with van der Waals surface area (Å²) < 4.78 is 4.79. The monoisotopic (exact) mass is 482 g/mol. The number of halogens is 1. The molecule has 1 fully saturated rings. The number of carbonyl (C=O) groups is 3. The van der Waals surface area contributed by atoms with Crippen LogP contribution in [0.2, 0.25) is 5.02 Å². The molecule has 4 rings (SSSR count). The van der Waals surface area contributed by atoms with Gasteiger partial charge in [-0.2, -0.15) is 0 Å². The lowest BCUT2D eigenvalue weighted by Gasteiger charge is -2.23. The molecule has 0 bridgehead atoms. The maximum atomic E-state index is 13.2. The molecule has 168 valence electrons. The van der Waals surface area contributed by atoms with Crippen molar-refractivity contribution in [1.82, 2.24) is 4.98 Å². The Morgan fingerprint density at radius 1 is 1.09 bits per heavy atom. The number of aliphatic hydroxyl groups is 1. The van der Waals surface area contributed by atoms with Gasteiger partial charge in [-0.15, -0.1) is 0 Å². The number of ketones is 1. The van der Waals surface area contributed by atoms with Crippen LogP contribution in [0.25, 0.3) is 5.76 Å². The zero-order valence-corrected chi connectivity index (χ0v) is 19.5. The number of hydrogen-bond donors (Lipinski definition) is 1. The van der Waals surface area contributed by atoms with Gasteiger partial charge in [-0.3, -0.25) is 14.5 Å². The highest BCUT2D eigenvalue weighted by molar-refractivity contribution is 7.17. The summed E-state index contributed by atoms with van der Waals surface area (Å²) in [6.45, 7) is 3.54. The number of methoxy groups -OCH3 is 1. The number of amides is 1. The fourth-order valence-electron chi connectivity index (χ4n) is 3.62. The molecule has 1 N–H and O–H groups in total. The predicted octanol–water partition coefficient (Wildman–Crippen LogP) is 4.83. The van der Waals surface area contributed by atoms with Gasteiger partial charge in [0.05, 0.1) is 24.4 Å². The van der Waals surface area contributed by atoms with Gasteiger partial charge in [0.25, 0.3) is 5.78 Å². The number of esters is 1. The summed E-state index contributed by atoms with van der Waals surface area (Å²) >= 11 is 6.91. The van der Waals surface area contributed by atoms with Gasteiger partial charge in [0.1, 0.15) is 10.6 Å². The van der Waals surface area contributed by atoms with Gasteiger partial charge in [0.15, 0.2) is 5.13 Å². The number of aliphatic hydroxyl groups excluding tert-OH is 1. The van der Waals surface area contributed by atoms with Crippen LogP contribution in [0.4, 0.5) is 5.13 Å². The highest BCUT2D eigenvalue weighted by Gasteiger charge is 2.48. The molecule has 1 aliphatic rings. The van der Waals surface area contributed by atoms with E-state index in [2.05, 4.69) is 4.98 Å². The molecular formula is C24H19ClN2O5S. The summed E-state index contributed by atoms with van der Waals surface area (Å²) in [4.78, 5) is 44.2. The Balaban J connectivity index is 1.93. The van der Waals surface area contributed by atoms with Crippen molar-refractivity contribution in [1.29, 1.82) is 0 Å². The molecule has 0 spiro atoms. The van der Waals surface area contributed by atoms with Crippen LogP contribution in [0, 0.1) is 13.8 Å². The second kappa shape index (κ2) is 8.80. The van der Waals surface area contributed by atoms with Crippen LogP contribution in [-0.2, 0) is 14.3 Å². The molecule has 7 nitrogen and oxygen atoms in total. The van der Waals surface area contributed by atoms with Crippen LogP contribution in [0.1, 0.15) is 38.1 Å². The molecule has 0 aliphatic carbocycles. The lowest BCUT2D eigenvalue weighted by Crippen LogP contribution is -2.29. The lowest BCUT2D eigenvalue weighted by atomic mass is 9.95. The van der Waals surface area contributed by atoms with E-state index in [1.165, 1.54) is 12.0 Å². The first-order valence-electron chi connectivity index (χ1n) is 9.92. The van der Waals surface area contributed by atoms with Crippen LogP contribution >= 0.6 is 22.9 Å². The first-order chi connectivity index (χ1) is 15.7. The number of ether oxygens (including phenoxy) is 1. The summed E-state index contributed by atoms with van der Waals surface area (Å²) in [6.07, 6.45) is 0. The Kier molecular flexibility index (Phi) is 6.05. The minimum Gasteiger partial charge on any atom is -0.507 e. The van der Waals surface area contributed by atoms with Gasteiger partial charge >= 0.3 is 11.9 Å². The van der Waals surface area contributed by atoms with E-state index >= 15 is 0 Å². The Hall–Kier alpha value is -3.49. The van der Waals surface area contributed by atoms with Crippen LogP contribution in [0.3, 0.4) is 0 Å². The third-order valence-electron chi connectivity index (χ3n) is 5.32. The highest BCUT2D eigenvalue weighted by Crippen LogP contribution is 2.44. The Morgan fingerprint density at radius 2 is 1.73 bits per heavy atom. The number of thiazole rings is 1. The normalized spacial score (nSPS) is 17.5. The fraction of sp³-hybridized carbons (Fsp3) is 0.167. The molecule has 1 amide bonds. The molecule has 2 heterocycles. The number of aromatic nitrogens is 1. The Bertz CT molecular complexity index is 1300. The smallest absolute Gasteiger partial charge is 0.350 e. The van der Waals surface area contributed by atoms with Crippen LogP contribution in [0.15, 0.2) is 54.1 Å². The van der Waals surface area contributed by atoms with E-state index in [1.54, 1.807) is 43.3 Å². The number of carbonyl (C=O) groups excluding carboxylic acids is 3. The average molecular weight is 483 g/mol. The van der Waals surface area contributed by atoms with E-state index in [0.717, 1.165) is 16.9 Å². The first kappa shape index (κ1) is 22.7. The largest absolute Gasteiger partial charge is 0.507 e. The van der Waals surface area contributed by atoms with Crippen molar-refractivity contribution >= 4 is 51.5 Å². The fourth-order valence-corrected chi connectivity index (χ4v) is 4.76. The van der Waals surface area contributed by atoms with Crippen molar-refractivity contribution in [2.75, 3.05) is 12.0 Å². The van der Waals surface area contributed by atoms with Crippen molar-refractivity contribution in [2.24, 2.45) is 0 Å². The topological polar surface area (TPSA) is 96.8 Å². The minimum absolute atomic E-state index is 0.0707. The van der Waals surface area contributed by atoms with Crippen molar-refractivity contribution < 1.29 is 24.2 Å². The zero-order valence-electron chi connectivity index (χ0n) is 18.0. The number of rotatable bonds is 4. The van der Waals surface area contributed by atoms with E-state index in [-0.39, 0.29) is 21.3 Å². The van der Waals surface area contributed by atoms with E-state index in [1.807, 2.05) is 19.1 Å². The minimum atomic E-state index is -0.933. The summed E-state index contributed by atoms with van der Waals surface area (Å²) in [5.74, 6) is -2.60. The lowest BCUT2D eigenvalue weighted by molar-refractivity contribution is -0.132. The van der Waals surface area contributed by atoms with Crippen molar-refractivity contribution in [3.05, 3.63) is 86.4 Å². The molecule has 1 aliphatic heterocycles. The van der Waals surface area contributed by atoms with Crippen molar-refractivity contribution in [3.8, 4) is 0 Å². The average Bonchev–Trinajstić information content (AvgIpc) is 3.31. The van der Waals surface area contributed by atoms with E-state index in [9.17, 15) is 19.5 Å². The molecule has 3 aromatic rings. The van der Waals surface area contributed by atoms with Gasteiger partial charge in [-0.25, -0.2) is 9.78 Å². The molecule has 2 aromatic carbocycles. The molecule has 9 heteroatoms. The summed E-state index contributed by atoms with van der Waals surface area (Å²) in [5, 5.41) is 11.7.